The highest BCUT2D eigenvalue weighted by Crippen LogP contribution is 2.21. The first kappa shape index (κ1) is 12.2. The van der Waals surface area contributed by atoms with E-state index in [0.29, 0.717) is 12.1 Å². The summed E-state index contributed by atoms with van der Waals surface area (Å²) in [6.45, 7) is 4.24. The molecule has 90 valence electrons. The van der Waals surface area contributed by atoms with Gasteiger partial charge in [-0.05, 0) is 26.7 Å². The summed E-state index contributed by atoms with van der Waals surface area (Å²) in [6.07, 6.45) is 3.98. The molecular weight excluding hydrogens is 240 g/mol. The smallest absolute Gasteiger partial charge is 0.109 e. The maximum atomic E-state index is 11.2. The van der Waals surface area contributed by atoms with Gasteiger partial charge >= 0.3 is 0 Å². The number of hydrogen-bond acceptors (Lipinski definition) is 4. The fourth-order valence-corrected chi connectivity index (χ4v) is 4.04. The van der Waals surface area contributed by atoms with Gasteiger partial charge in [0.05, 0.1) is 6.04 Å². The maximum absolute atomic E-state index is 11.2. The summed E-state index contributed by atoms with van der Waals surface area (Å²) < 4.78 is 11.2. The summed E-state index contributed by atoms with van der Waals surface area (Å²) in [6, 6.07) is 0.826. The maximum Gasteiger partial charge on any atom is 0.109 e. The minimum atomic E-state index is -0.569. The van der Waals surface area contributed by atoms with Gasteiger partial charge in [0.2, 0.25) is 0 Å². The normalized spacial score (nSPS) is 27.9. The molecule has 5 heteroatoms. The fourth-order valence-electron chi connectivity index (χ4n) is 1.96. The Morgan fingerprint density at radius 1 is 1.56 bits per heavy atom. The van der Waals surface area contributed by atoms with E-state index < -0.39 is 10.8 Å². The Morgan fingerprint density at radius 3 is 2.81 bits per heavy atom. The molecular formula is C11H18N2OS2. The van der Waals surface area contributed by atoms with E-state index in [9.17, 15) is 4.21 Å². The van der Waals surface area contributed by atoms with Crippen LogP contribution in [0.1, 0.15) is 35.7 Å². The van der Waals surface area contributed by atoms with Gasteiger partial charge < -0.3 is 5.32 Å². The van der Waals surface area contributed by atoms with Crippen molar-refractivity contribution in [3.8, 4) is 0 Å². The van der Waals surface area contributed by atoms with E-state index in [1.54, 1.807) is 11.3 Å². The summed E-state index contributed by atoms with van der Waals surface area (Å²) in [5.41, 5.74) is 0. The Hall–Kier alpha value is -0.260. The molecule has 2 rings (SSSR count). The zero-order chi connectivity index (χ0) is 11.5. The summed E-state index contributed by atoms with van der Waals surface area (Å²) in [5, 5.41) is 4.74. The molecule has 1 atom stereocenters. The molecule has 1 N–H and O–H groups in total. The van der Waals surface area contributed by atoms with Gasteiger partial charge in [0.15, 0.2) is 0 Å². The van der Waals surface area contributed by atoms with Crippen LogP contribution in [0.2, 0.25) is 0 Å². The van der Waals surface area contributed by atoms with E-state index in [4.69, 9.17) is 0 Å². The number of rotatable bonds is 3. The molecule has 1 fully saturated rings. The number of hydrogen-bond donors (Lipinski definition) is 1. The lowest BCUT2D eigenvalue weighted by Gasteiger charge is -2.25. The van der Waals surface area contributed by atoms with Crippen molar-refractivity contribution in [3.05, 3.63) is 16.1 Å². The Labute approximate surface area is 103 Å². The Balaban J connectivity index is 1.87. The highest BCUT2D eigenvalue weighted by Gasteiger charge is 2.20. The zero-order valence-electron chi connectivity index (χ0n) is 9.73. The van der Waals surface area contributed by atoms with Gasteiger partial charge in [-0.15, -0.1) is 11.3 Å². The van der Waals surface area contributed by atoms with Gasteiger partial charge in [0.1, 0.15) is 5.01 Å². The van der Waals surface area contributed by atoms with Crippen LogP contribution < -0.4 is 5.32 Å². The summed E-state index contributed by atoms with van der Waals surface area (Å²) in [7, 11) is -0.569. The van der Waals surface area contributed by atoms with Gasteiger partial charge in [0, 0.05) is 39.4 Å². The number of aryl methyl sites for hydroxylation is 1. The van der Waals surface area contributed by atoms with Crippen molar-refractivity contribution < 1.29 is 4.21 Å². The van der Waals surface area contributed by atoms with Gasteiger partial charge in [-0.2, -0.15) is 0 Å². The van der Waals surface area contributed by atoms with E-state index in [1.807, 2.05) is 6.20 Å². The highest BCUT2D eigenvalue weighted by atomic mass is 32.2. The lowest BCUT2D eigenvalue weighted by molar-refractivity contribution is 0.426. The van der Waals surface area contributed by atoms with Gasteiger partial charge in [-0.25, -0.2) is 4.98 Å². The van der Waals surface area contributed by atoms with Gasteiger partial charge in [0.25, 0.3) is 0 Å². The molecule has 1 aromatic rings. The van der Waals surface area contributed by atoms with Crippen LogP contribution in [0.5, 0.6) is 0 Å². The Morgan fingerprint density at radius 2 is 2.25 bits per heavy atom. The largest absolute Gasteiger partial charge is 0.305 e. The molecule has 0 aliphatic carbocycles. The molecule has 0 saturated carbocycles. The highest BCUT2D eigenvalue weighted by molar-refractivity contribution is 7.85. The van der Waals surface area contributed by atoms with Crippen molar-refractivity contribution in [2.24, 2.45) is 0 Å². The van der Waals surface area contributed by atoms with Crippen molar-refractivity contribution in [3.63, 3.8) is 0 Å². The van der Waals surface area contributed by atoms with Crippen molar-refractivity contribution in [1.29, 1.82) is 0 Å². The molecule has 0 radical (unpaired) electrons. The van der Waals surface area contributed by atoms with Crippen molar-refractivity contribution in [2.75, 3.05) is 11.5 Å². The van der Waals surface area contributed by atoms with Crippen LogP contribution in [0.4, 0.5) is 0 Å². The van der Waals surface area contributed by atoms with E-state index in [-0.39, 0.29) is 0 Å². The molecule has 0 spiro atoms. The second-order valence-corrected chi connectivity index (χ2v) is 7.28. The number of nitrogens with one attached hydrogen (secondary N) is 1. The van der Waals surface area contributed by atoms with Crippen LogP contribution in [-0.4, -0.2) is 26.7 Å². The average molecular weight is 258 g/mol. The molecule has 2 heterocycles. The van der Waals surface area contributed by atoms with Crippen LogP contribution in [0.3, 0.4) is 0 Å². The summed E-state index contributed by atoms with van der Waals surface area (Å²) in [5.74, 6) is 1.70. The second kappa shape index (κ2) is 5.38. The third-order valence-electron chi connectivity index (χ3n) is 2.88. The zero-order valence-corrected chi connectivity index (χ0v) is 11.4. The standard InChI is InChI=1S/C11H18N2OS2/c1-8-7-12-11(15-8)9(2)13-10-3-5-16(14)6-4-10/h7,9-10,13H,3-6H2,1-2H3. The van der Waals surface area contributed by atoms with Gasteiger partial charge in [-0.1, -0.05) is 0 Å². The molecule has 1 aliphatic rings. The molecule has 3 nitrogen and oxygen atoms in total. The topological polar surface area (TPSA) is 42.0 Å². The summed E-state index contributed by atoms with van der Waals surface area (Å²) >= 11 is 1.75. The predicted molar refractivity (Wildman–Crippen MR) is 69.3 cm³/mol. The molecule has 1 saturated heterocycles. The van der Waals surface area contributed by atoms with Crippen LogP contribution in [0.15, 0.2) is 6.20 Å². The summed E-state index contributed by atoms with van der Waals surface area (Å²) in [4.78, 5) is 5.65. The van der Waals surface area contributed by atoms with Gasteiger partial charge in [-0.3, -0.25) is 4.21 Å². The van der Waals surface area contributed by atoms with Crippen molar-refractivity contribution in [2.45, 2.75) is 38.8 Å². The average Bonchev–Trinajstić information content (AvgIpc) is 2.68. The van der Waals surface area contributed by atoms with E-state index in [1.165, 1.54) is 4.88 Å². The third-order valence-corrected chi connectivity index (χ3v) is 5.36. The lowest BCUT2D eigenvalue weighted by Crippen LogP contribution is -2.37. The van der Waals surface area contributed by atoms with E-state index in [0.717, 1.165) is 29.4 Å². The molecule has 16 heavy (non-hydrogen) atoms. The first-order valence-corrected chi connectivity index (χ1v) is 7.99. The minimum absolute atomic E-state index is 0.315. The Kier molecular flexibility index (Phi) is 4.10. The van der Waals surface area contributed by atoms with E-state index >= 15 is 0 Å². The van der Waals surface area contributed by atoms with E-state index in [2.05, 4.69) is 24.1 Å². The first-order valence-electron chi connectivity index (χ1n) is 5.68. The lowest BCUT2D eigenvalue weighted by atomic mass is 10.1. The number of nitrogens with zero attached hydrogens (tertiary/aromatic N) is 1. The molecule has 1 aliphatic heterocycles. The monoisotopic (exact) mass is 258 g/mol. The van der Waals surface area contributed by atoms with Crippen LogP contribution in [-0.2, 0) is 10.8 Å². The first-order chi connectivity index (χ1) is 7.65. The molecule has 0 amide bonds. The third kappa shape index (κ3) is 3.12. The Bertz CT molecular complexity index is 368. The molecule has 0 aromatic carbocycles. The molecule has 1 unspecified atom stereocenters. The van der Waals surface area contributed by atoms with Crippen molar-refractivity contribution in [1.82, 2.24) is 10.3 Å². The fraction of sp³-hybridized carbons (Fsp3) is 0.727. The van der Waals surface area contributed by atoms with Crippen LogP contribution in [0, 0.1) is 6.92 Å². The number of aromatic nitrogens is 1. The minimum Gasteiger partial charge on any atom is -0.305 e. The number of thiazole rings is 1. The van der Waals surface area contributed by atoms with Crippen LogP contribution >= 0.6 is 11.3 Å². The predicted octanol–water partition coefficient (Wildman–Crippen LogP) is 2.01. The molecule has 1 aromatic heterocycles. The van der Waals surface area contributed by atoms with Crippen LogP contribution in [0.25, 0.3) is 0 Å². The van der Waals surface area contributed by atoms with Crippen molar-refractivity contribution >= 4 is 22.1 Å². The SMILES string of the molecule is Cc1cnc(C(C)NC2CCS(=O)CC2)s1. The molecule has 0 bridgehead atoms. The quantitative estimate of drug-likeness (QED) is 0.902. The second-order valence-electron chi connectivity index (χ2n) is 4.32.